The second-order valence-electron chi connectivity index (χ2n) is 7.11. The zero-order chi connectivity index (χ0) is 15.3. The molecule has 3 nitrogen and oxygen atoms in total. The first-order valence-corrected chi connectivity index (χ1v) is 8.50. The van der Waals surface area contributed by atoms with E-state index >= 15 is 0 Å². The Bertz CT molecular complexity index is 786. The molecule has 0 radical (unpaired) electrons. The summed E-state index contributed by atoms with van der Waals surface area (Å²) in [6.07, 6.45) is 5.29. The van der Waals surface area contributed by atoms with Crippen molar-refractivity contribution in [3.05, 3.63) is 39.2 Å². The van der Waals surface area contributed by atoms with Gasteiger partial charge in [0.1, 0.15) is 11.3 Å². The molecule has 0 aliphatic carbocycles. The number of hydrogen-bond acceptors (Lipinski definition) is 3. The summed E-state index contributed by atoms with van der Waals surface area (Å²) in [7, 11) is 0. The fraction of sp³-hybridized carbons (Fsp3) is 0.526. The molecule has 0 bridgehead atoms. The van der Waals surface area contributed by atoms with Crippen LogP contribution in [-0.2, 0) is 19.3 Å². The zero-order valence-electron chi connectivity index (χ0n) is 13.4. The normalized spacial score (nSPS) is 17.1. The molecule has 2 aliphatic rings. The number of aryl methyl sites for hydroxylation is 2. The third-order valence-electron chi connectivity index (χ3n) is 4.87. The van der Waals surface area contributed by atoms with Crippen LogP contribution in [0.15, 0.2) is 21.3 Å². The molecule has 3 heterocycles. The summed E-state index contributed by atoms with van der Waals surface area (Å²) in [4.78, 5) is 15.1. The summed E-state index contributed by atoms with van der Waals surface area (Å²) in [6, 6.07) is 3.79. The van der Waals surface area contributed by atoms with Gasteiger partial charge in [-0.2, -0.15) is 0 Å². The average Bonchev–Trinajstić information content (AvgIpc) is 2.48. The van der Waals surface area contributed by atoms with E-state index < -0.39 is 0 Å². The smallest absolute Gasteiger partial charge is 0.192 e. The van der Waals surface area contributed by atoms with E-state index in [2.05, 4.69) is 24.8 Å². The molecule has 0 spiro atoms. The van der Waals surface area contributed by atoms with Crippen molar-refractivity contribution in [1.82, 2.24) is 0 Å². The van der Waals surface area contributed by atoms with Crippen LogP contribution in [-0.4, -0.2) is 13.1 Å². The van der Waals surface area contributed by atoms with Gasteiger partial charge in [0.2, 0.25) is 0 Å². The maximum atomic E-state index is 12.6. The van der Waals surface area contributed by atoms with E-state index in [1.165, 1.54) is 23.2 Å². The highest BCUT2D eigenvalue weighted by Crippen LogP contribution is 2.39. The van der Waals surface area contributed by atoms with Gasteiger partial charge in [-0.15, -0.1) is 0 Å². The average molecular weight is 297 g/mol. The van der Waals surface area contributed by atoms with Gasteiger partial charge in [0.05, 0.1) is 5.39 Å². The Morgan fingerprint density at radius 3 is 2.73 bits per heavy atom. The van der Waals surface area contributed by atoms with Gasteiger partial charge in [0.15, 0.2) is 5.43 Å². The fourth-order valence-electron chi connectivity index (χ4n) is 4.02. The first-order chi connectivity index (χ1) is 10.6. The van der Waals surface area contributed by atoms with E-state index in [0.29, 0.717) is 5.92 Å². The first-order valence-electron chi connectivity index (χ1n) is 8.50. The Hall–Kier alpha value is -1.77. The van der Waals surface area contributed by atoms with Crippen molar-refractivity contribution in [2.45, 2.75) is 46.0 Å². The maximum absolute atomic E-state index is 12.6. The Morgan fingerprint density at radius 2 is 1.95 bits per heavy atom. The third kappa shape index (κ3) is 2.15. The molecule has 1 aromatic carbocycles. The SMILES string of the molecule is CC(C)Cc1cc(=O)c2cc3c4c(c2o1)CCCN4CCC3. The van der Waals surface area contributed by atoms with E-state index in [1.54, 1.807) is 6.07 Å². The van der Waals surface area contributed by atoms with Crippen LogP contribution in [0.3, 0.4) is 0 Å². The largest absolute Gasteiger partial charge is 0.460 e. The van der Waals surface area contributed by atoms with Crippen molar-refractivity contribution in [3.8, 4) is 0 Å². The van der Waals surface area contributed by atoms with Crippen LogP contribution < -0.4 is 10.3 Å². The Balaban J connectivity index is 1.99. The fourth-order valence-corrected chi connectivity index (χ4v) is 4.02. The zero-order valence-corrected chi connectivity index (χ0v) is 13.4. The van der Waals surface area contributed by atoms with Gasteiger partial charge < -0.3 is 9.32 Å². The summed E-state index contributed by atoms with van der Waals surface area (Å²) >= 11 is 0. The van der Waals surface area contributed by atoms with Crippen molar-refractivity contribution < 1.29 is 4.42 Å². The molecular formula is C19H23NO2. The molecule has 116 valence electrons. The van der Waals surface area contributed by atoms with Gasteiger partial charge in [-0.05, 0) is 43.2 Å². The predicted molar refractivity (Wildman–Crippen MR) is 89.9 cm³/mol. The highest BCUT2D eigenvalue weighted by molar-refractivity contribution is 5.88. The second-order valence-corrected chi connectivity index (χ2v) is 7.11. The molecular weight excluding hydrogens is 274 g/mol. The van der Waals surface area contributed by atoms with Crippen molar-refractivity contribution in [1.29, 1.82) is 0 Å². The Morgan fingerprint density at radius 1 is 1.18 bits per heavy atom. The summed E-state index contributed by atoms with van der Waals surface area (Å²) in [6.45, 7) is 6.59. The minimum atomic E-state index is 0.124. The second kappa shape index (κ2) is 5.15. The van der Waals surface area contributed by atoms with Crippen molar-refractivity contribution in [3.63, 3.8) is 0 Å². The Labute approximate surface area is 130 Å². The van der Waals surface area contributed by atoms with E-state index in [1.807, 2.05) is 0 Å². The van der Waals surface area contributed by atoms with Crippen LogP contribution >= 0.6 is 0 Å². The molecule has 2 aliphatic heterocycles. The highest BCUT2D eigenvalue weighted by Gasteiger charge is 2.27. The van der Waals surface area contributed by atoms with Crippen molar-refractivity contribution >= 4 is 16.7 Å². The molecule has 0 amide bonds. The minimum absolute atomic E-state index is 0.124. The van der Waals surface area contributed by atoms with Crippen molar-refractivity contribution in [2.24, 2.45) is 5.92 Å². The van der Waals surface area contributed by atoms with Gasteiger partial charge in [-0.3, -0.25) is 4.79 Å². The maximum Gasteiger partial charge on any atom is 0.192 e. The summed E-state index contributed by atoms with van der Waals surface area (Å²) in [5.74, 6) is 1.32. The molecule has 0 N–H and O–H groups in total. The van der Waals surface area contributed by atoms with Gasteiger partial charge in [-0.25, -0.2) is 0 Å². The van der Waals surface area contributed by atoms with E-state index in [-0.39, 0.29) is 5.43 Å². The lowest BCUT2D eigenvalue weighted by atomic mass is 9.90. The molecule has 0 saturated heterocycles. The number of fused-ring (bicyclic) bond motifs is 2. The highest BCUT2D eigenvalue weighted by atomic mass is 16.3. The standard InChI is InChI=1S/C19H23NO2/c1-12(2)9-14-11-17(21)16-10-13-5-3-7-20-8-4-6-15(18(13)20)19(16)22-14/h10-12H,3-9H2,1-2H3. The van der Waals surface area contributed by atoms with Gasteiger partial charge in [-0.1, -0.05) is 13.8 Å². The number of hydrogen-bond donors (Lipinski definition) is 0. The quantitative estimate of drug-likeness (QED) is 0.847. The van der Waals surface area contributed by atoms with Crippen LogP contribution in [0.1, 0.15) is 43.6 Å². The molecule has 4 rings (SSSR count). The van der Waals surface area contributed by atoms with Crippen molar-refractivity contribution in [2.75, 3.05) is 18.0 Å². The monoisotopic (exact) mass is 297 g/mol. The lowest BCUT2D eigenvalue weighted by Gasteiger charge is -2.37. The van der Waals surface area contributed by atoms with Gasteiger partial charge >= 0.3 is 0 Å². The summed E-state index contributed by atoms with van der Waals surface area (Å²) < 4.78 is 6.20. The number of nitrogens with zero attached hydrogens (tertiary/aromatic N) is 1. The molecule has 1 aromatic heterocycles. The number of rotatable bonds is 2. The first kappa shape index (κ1) is 13.9. The molecule has 22 heavy (non-hydrogen) atoms. The van der Waals surface area contributed by atoms with Crippen LogP contribution in [0, 0.1) is 5.92 Å². The summed E-state index contributed by atoms with van der Waals surface area (Å²) in [5.41, 5.74) is 4.97. The predicted octanol–water partition coefficient (Wildman–Crippen LogP) is 3.69. The van der Waals surface area contributed by atoms with E-state index in [4.69, 9.17) is 4.42 Å². The molecule has 0 fully saturated rings. The summed E-state index contributed by atoms with van der Waals surface area (Å²) in [5, 5.41) is 0.782. The lowest BCUT2D eigenvalue weighted by molar-refractivity contribution is 0.485. The van der Waals surface area contributed by atoms with Crippen LogP contribution in [0.5, 0.6) is 0 Å². The van der Waals surface area contributed by atoms with Gasteiger partial charge in [0, 0.05) is 36.8 Å². The third-order valence-corrected chi connectivity index (χ3v) is 4.87. The van der Waals surface area contributed by atoms with Crippen LogP contribution in [0.2, 0.25) is 0 Å². The molecule has 0 unspecified atom stereocenters. The molecule has 0 saturated carbocycles. The molecule has 0 atom stereocenters. The van der Waals surface area contributed by atoms with E-state index in [9.17, 15) is 4.79 Å². The minimum Gasteiger partial charge on any atom is -0.460 e. The van der Waals surface area contributed by atoms with Gasteiger partial charge in [0.25, 0.3) is 0 Å². The molecule has 2 aromatic rings. The number of benzene rings is 1. The lowest BCUT2D eigenvalue weighted by Crippen LogP contribution is -2.34. The number of anilines is 1. The molecule has 3 heteroatoms. The van der Waals surface area contributed by atoms with Crippen LogP contribution in [0.4, 0.5) is 5.69 Å². The topological polar surface area (TPSA) is 33.5 Å². The van der Waals surface area contributed by atoms with Crippen LogP contribution in [0.25, 0.3) is 11.0 Å². The van der Waals surface area contributed by atoms with E-state index in [0.717, 1.165) is 55.5 Å². The Kier molecular flexibility index (Phi) is 3.24.